The van der Waals surface area contributed by atoms with Crippen molar-refractivity contribution in [3.8, 4) is 11.8 Å². The van der Waals surface area contributed by atoms with Gasteiger partial charge in [-0.2, -0.15) is 41.3 Å². The summed E-state index contributed by atoms with van der Waals surface area (Å²) in [7, 11) is 0. The van der Waals surface area contributed by atoms with Crippen LogP contribution in [0.1, 0.15) is 33.0 Å². The molecule has 0 unspecified atom stereocenters. The molecular formula is C13H15F6N5. The van der Waals surface area contributed by atoms with E-state index in [1.165, 1.54) is 0 Å². The lowest BCUT2D eigenvalue weighted by atomic mass is 10.3. The Kier molecular flexibility index (Phi) is 6.22. The van der Waals surface area contributed by atoms with Crippen LogP contribution in [0.15, 0.2) is 0 Å². The number of hydrogen-bond donors (Lipinski definition) is 2. The molecule has 0 radical (unpaired) electrons. The molecule has 0 aliphatic rings. The number of anilines is 2. The lowest BCUT2D eigenvalue weighted by Crippen LogP contribution is -2.35. The van der Waals surface area contributed by atoms with Crippen molar-refractivity contribution < 1.29 is 26.3 Å². The Balaban J connectivity index is 3.13. The van der Waals surface area contributed by atoms with Gasteiger partial charge in [0.15, 0.2) is 0 Å². The van der Waals surface area contributed by atoms with E-state index < -0.39 is 36.3 Å². The molecule has 0 aliphatic heterocycles. The molecule has 1 aromatic rings. The van der Waals surface area contributed by atoms with E-state index in [-0.39, 0.29) is 5.82 Å². The molecule has 134 valence electrons. The highest BCUT2D eigenvalue weighted by molar-refractivity contribution is 5.39. The lowest BCUT2D eigenvalue weighted by molar-refractivity contribution is -0.139. The molecule has 2 N–H and O–H groups in total. The van der Waals surface area contributed by atoms with Gasteiger partial charge in [0.05, 0.1) is 0 Å². The van der Waals surface area contributed by atoms with Gasteiger partial charge in [-0.25, -0.2) is 0 Å². The van der Waals surface area contributed by atoms with Crippen molar-refractivity contribution in [2.45, 2.75) is 51.6 Å². The van der Waals surface area contributed by atoms with Crippen LogP contribution in [0.3, 0.4) is 0 Å². The first-order valence-electron chi connectivity index (χ1n) is 6.85. The van der Waals surface area contributed by atoms with Gasteiger partial charge in [0.1, 0.15) is 12.1 Å². The molecule has 0 spiro atoms. The van der Waals surface area contributed by atoms with E-state index in [4.69, 9.17) is 0 Å². The van der Waals surface area contributed by atoms with Gasteiger partial charge in [-0.1, -0.05) is 12.8 Å². The molecule has 24 heavy (non-hydrogen) atoms. The van der Waals surface area contributed by atoms with Gasteiger partial charge in [-0.15, -0.1) is 0 Å². The molecule has 2 atom stereocenters. The Morgan fingerprint density at radius 1 is 0.875 bits per heavy atom. The second-order valence-electron chi connectivity index (χ2n) is 4.78. The van der Waals surface area contributed by atoms with E-state index in [1.807, 2.05) is 10.6 Å². The SMILES string of the molecule is CCC#Cc1nc(N[C@H](C)C(F)(F)F)nc(N[C@H](C)C(F)(F)F)n1. The van der Waals surface area contributed by atoms with Crippen LogP contribution in [-0.2, 0) is 0 Å². The van der Waals surface area contributed by atoms with E-state index in [1.54, 1.807) is 6.92 Å². The van der Waals surface area contributed by atoms with Crippen LogP contribution in [-0.4, -0.2) is 39.4 Å². The second kappa shape index (κ2) is 7.55. The summed E-state index contributed by atoms with van der Waals surface area (Å²) >= 11 is 0. The zero-order valence-corrected chi connectivity index (χ0v) is 13.0. The number of nitrogens with zero attached hydrogens (tertiary/aromatic N) is 3. The quantitative estimate of drug-likeness (QED) is 0.641. The van der Waals surface area contributed by atoms with E-state index in [0.717, 1.165) is 13.8 Å². The molecule has 0 aliphatic carbocycles. The number of hydrogen-bond acceptors (Lipinski definition) is 5. The number of rotatable bonds is 4. The second-order valence-corrected chi connectivity index (χ2v) is 4.78. The summed E-state index contributed by atoms with van der Waals surface area (Å²) in [6.45, 7) is 3.36. The monoisotopic (exact) mass is 355 g/mol. The minimum Gasteiger partial charge on any atom is -0.343 e. The minimum atomic E-state index is -4.57. The summed E-state index contributed by atoms with van der Waals surface area (Å²) in [5, 5.41) is 3.95. The molecule has 11 heteroatoms. The highest BCUT2D eigenvalue weighted by Crippen LogP contribution is 2.24. The maximum atomic E-state index is 12.6. The van der Waals surface area contributed by atoms with Gasteiger partial charge in [-0.05, 0) is 19.8 Å². The third-order valence-corrected chi connectivity index (χ3v) is 2.69. The molecule has 0 amide bonds. The van der Waals surface area contributed by atoms with Crippen molar-refractivity contribution in [3.63, 3.8) is 0 Å². The van der Waals surface area contributed by atoms with Crippen LogP contribution >= 0.6 is 0 Å². The van der Waals surface area contributed by atoms with Crippen LogP contribution in [0.4, 0.5) is 38.2 Å². The fourth-order valence-corrected chi connectivity index (χ4v) is 1.28. The molecule has 0 bridgehead atoms. The zero-order chi connectivity index (χ0) is 18.5. The average Bonchev–Trinajstić information content (AvgIpc) is 2.42. The predicted molar refractivity (Wildman–Crippen MR) is 75.3 cm³/mol. The maximum Gasteiger partial charge on any atom is 0.408 e. The molecule has 0 aromatic carbocycles. The van der Waals surface area contributed by atoms with Gasteiger partial charge in [0, 0.05) is 6.42 Å². The van der Waals surface area contributed by atoms with E-state index in [2.05, 4.69) is 26.8 Å². The standard InChI is InChI=1S/C13H15F6N5/c1-4-5-6-9-22-10(20-7(2)12(14,15)16)24-11(23-9)21-8(3)13(17,18)19/h7-8H,4H2,1-3H3,(H2,20,21,22,23,24)/t7-,8-/m1/s1. The summed E-state index contributed by atoms with van der Waals surface area (Å²) < 4.78 is 75.5. The Bertz CT molecular complexity index is 576. The van der Waals surface area contributed by atoms with Crippen LogP contribution < -0.4 is 10.6 Å². The van der Waals surface area contributed by atoms with Crippen molar-refractivity contribution in [1.29, 1.82) is 0 Å². The van der Waals surface area contributed by atoms with E-state index in [0.29, 0.717) is 6.42 Å². The number of aromatic nitrogens is 3. The average molecular weight is 355 g/mol. The first kappa shape index (κ1) is 19.8. The fraction of sp³-hybridized carbons (Fsp3) is 0.615. The van der Waals surface area contributed by atoms with E-state index >= 15 is 0 Å². The largest absolute Gasteiger partial charge is 0.408 e. The normalized spacial score (nSPS) is 14.4. The lowest BCUT2D eigenvalue weighted by Gasteiger charge is -2.19. The first-order valence-corrected chi connectivity index (χ1v) is 6.85. The summed E-state index contributed by atoms with van der Waals surface area (Å²) in [6, 6.07) is -4.00. The van der Waals surface area contributed by atoms with Crippen molar-refractivity contribution in [1.82, 2.24) is 15.0 Å². The van der Waals surface area contributed by atoms with E-state index in [9.17, 15) is 26.3 Å². The summed E-state index contributed by atoms with van der Waals surface area (Å²) in [5.41, 5.74) is 0. The van der Waals surface area contributed by atoms with Gasteiger partial charge in [-0.3, -0.25) is 0 Å². The summed E-state index contributed by atoms with van der Waals surface area (Å²) in [5.74, 6) is 3.75. The van der Waals surface area contributed by atoms with Crippen molar-refractivity contribution >= 4 is 11.9 Å². The molecule has 0 saturated heterocycles. The Hall–Kier alpha value is -2.25. The Morgan fingerprint density at radius 3 is 1.62 bits per heavy atom. The Morgan fingerprint density at radius 2 is 1.29 bits per heavy atom. The number of alkyl halides is 6. The minimum absolute atomic E-state index is 0.236. The maximum absolute atomic E-state index is 12.6. The third-order valence-electron chi connectivity index (χ3n) is 2.69. The zero-order valence-electron chi connectivity index (χ0n) is 13.0. The highest BCUT2D eigenvalue weighted by atomic mass is 19.4. The van der Waals surface area contributed by atoms with Crippen LogP contribution in [0.25, 0.3) is 0 Å². The summed E-state index contributed by atoms with van der Waals surface area (Å²) in [4.78, 5) is 10.9. The molecular weight excluding hydrogens is 340 g/mol. The molecule has 0 saturated carbocycles. The van der Waals surface area contributed by atoms with Crippen molar-refractivity contribution in [3.05, 3.63) is 5.82 Å². The predicted octanol–water partition coefficient (Wildman–Crippen LogP) is 3.36. The van der Waals surface area contributed by atoms with Crippen LogP contribution in [0.5, 0.6) is 0 Å². The fourth-order valence-electron chi connectivity index (χ4n) is 1.28. The summed E-state index contributed by atoms with van der Waals surface area (Å²) in [6.07, 6.45) is -8.74. The van der Waals surface area contributed by atoms with Crippen molar-refractivity contribution in [2.75, 3.05) is 10.6 Å². The Labute approximate surface area is 134 Å². The topological polar surface area (TPSA) is 62.7 Å². The molecule has 5 nitrogen and oxygen atoms in total. The van der Waals surface area contributed by atoms with Gasteiger partial charge < -0.3 is 10.6 Å². The van der Waals surface area contributed by atoms with Crippen LogP contribution in [0.2, 0.25) is 0 Å². The van der Waals surface area contributed by atoms with Crippen LogP contribution in [0, 0.1) is 11.8 Å². The molecule has 1 rings (SSSR count). The van der Waals surface area contributed by atoms with Gasteiger partial charge >= 0.3 is 12.4 Å². The first-order chi connectivity index (χ1) is 10.9. The van der Waals surface area contributed by atoms with Gasteiger partial charge in [0.2, 0.25) is 17.7 Å². The third kappa shape index (κ3) is 6.10. The molecule has 0 fully saturated rings. The highest BCUT2D eigenvalue weighted by Gasteiger charge is 2.38. The number of halogens is 6. The molecule has 1 heterocycles. The van der Waals surface area contributed by atoms with Crippen molar-refractivity contribution in [2.24, 2.45) is 0 Å². The smallest absolute Gasteiger partial charge is 0.343 e. The van der Waals surface area contributed by atoms with Gasteiger partial charge in [0.25, 0.3) is 0 Å². The number of nitrogens with one attached hydrogen (secondary N) is 2. The molecule has 1 aromatic heterocycles.